The Morgan fingerprint density at radius 3 is 2.85 bits per heavy atom. The molecule has 1 saturated heterocycles. The number of aromatic nitrogens is 3. The van der Waals surface area contributed by atoms with E-state index in [1.807, 2.05) is 36.1 Å². The highest BCUT2D eigenvalue weighted by atomic mass is 16.2. The van der Waals surface area contributed by atoms with Gasteiger partial charge in [0, 0.05) is 30.3 Å². The third kappa shape index (κ3) is 3.34. The molecule has 1 aromatic carbocycles. The van der Waals surface area contributed by atoms with Crippen LogP contribution in [0.4, 0.5) is 5.69 Å². The quantitative estimate of drug-likeness (QED) is 0.883. The van der Waals surface area contributed by atoms with E-state index in [1.54, 1.807) is 0 Å². The maximum Gasteiger partial charge on any atom is 0.229 e. The number of likely N-dealkylation sites (tertiary alicyclic amines) is 1. The zero-order valence-corrected chi connectivity index (χ0v) is 14.9. The molecule has 0 spiro atoms. The van der Waals surface area contributed by atoms with Crippen LogP contribution in [0.25, 0.3) is 11.4 Å². The first-order valence-electron chi connectivity index (χ1n) is 9.20. The van der Waals surface area contributed by atoms with Crippen LogP contribution < -0.4 is 5.32 Å². The van der Waals surface area contributed by atoms with Gasteiger partial charge in [-0.15, -0.1) is 0 Å². The number of nitrogens with zero attached hydrogens (tertiary/aromatic N) is 3. The van der Waals surface area contributed by atoms with Crippen LogP contribution in [0.1, 0.15) is 37.9 Å². The van der Waals surface area contributed by atoms with E-state index >= 15 is 0 Å². The fraction of sp³-hybridized carbons (Fsp3) is 0.474. The van der Waals surface area contributed by atoms with Gasteiger partial charge in [-0.2, -0.15) is 5.10 Å². The Kier molecular flexibility index (Phi) is 4.44. The van der Waals surface area contributed by atoms with Crippen LogP contribution in [0.15, 0.2) is 24.3 Å². The van der Waals surface area contributed by atoms with E-state index in [0.717, 1.165) is 24.2 Å². The van der Waals surface area contributed by atoms with Crippen LogP contribution in [0, 0.1) is 12.8 Å². The van der Waals surface area contributed by atoms with Crippen LogP contribution in [-0.2, 0) is 9.59 Å². The van der Waals surface area contributed by atoms with E-state index in [-0.39, 0.29) is 17.7 Å². The second-order valence-corrected chi connectivity index (χ2v) is 7.20. The minimum atomic E-state index is -0.280. The summed E-state index contributed by atoms with van der Waals surface area (Å²) < 4.78 is 0. The van der Waals surface area contributed by atoms with E-state index < -0.39 is 0 Å². The number of benzene rings is 1. The van der Waals surface area contributed by atoms with E-state index in [1.165, 1.54) is 12.8 Å². The number of nitrogens with one attached hydrogen (secondary N) is 2. The lowest BCUT2D eigenvalue weighted by Crippen LogP contribution is -2.35. The number of hydrogen-bond acceptors (Lipinski definition) is 4. The first-order valence-corrected chi connectivity index (χ1v) is 9.20. The van der Waals surface area contributed by atoms with Crippen molar-refractivity contribution in [2.24, 2.45) is 5.92 Å². The molecular weight excluding hydrogens is 330 g/mol. The number of H-pyrrole nitrogens is 1. The molecule has 2 amide bonds. The largest absolute Gasteiger partial charge is 0.339 e. The van der Waals surface area contributed by atoms with E-state index in [2.05, 4.69) is 20.5 Å². The number of aryl methyl sites for hydroxylation is 1. The Morgan fingerprint density at radius 1 is 1.31 bits per heavy atom. The van der Waals surface area contributed by atoms with Crippen molar-refractivity contribution in [1.29, 1.82) is 0 Å². The lowest BCUT2D eigenvalue weighted by molar-refractivity contribution is -0.129. The minimum Gasteiger partial charge on any atom is -0.339 e. The second-order valence-electron chi connectivity index (χ2n) is 7.20. The number of anilines is 1. The monoisotopic (exact) mass is 353 g/mol. The fourth-order valence-corrected chi connectivity index (χ4v) is 3.93. The summed E-state index contributed by atoms with van der Waals surface area (Å²) in [4.78, 5) is 31.2. The summed E-state index contributed by atoms with van der Waals surface area (Å²) in [5.41, 5.74) is 1.53. The molecule has 1 atom stereocenters. The molecule has 2 aromatic rings. The van der Waals surface area contributed by atoms with Gasteiger partial charge < -0.3 is 10.2 Å². The number of aromatic amines is 1. The van der Waals surface area contributed by atoms with E-state index in [0.29, 0.717) is 30.5 Å². The summed E-state index contributed by atoms with van der Waals surface area (Å²) in [5.74, 6) is 1.08. The predicted molar refractivity (Wildman–Crippen MR) is 97.3 cm³/mol. The van der Waals surface area contributed by atoms with Gasteiger partial charge in [-0.1, -0.05) is 25.0 Å². The molecule has 1 aliphatic carbocycles. The molecule has 136 valence electrons. The molecule has 4 rings (SSSR count). The van der Waals surface area contributed by atoms with Crippen LogP contribution in [0.2, 0.25) is 0 Å². The van der Waals surface area contributed by atoms with Crippen molar-refractivity contribution in [2.45, 2.75) is 45.1 Å². The van der Waals surface area contributed by atoms with Gasteiger partial charge in [0.15, 0.2) is 5.82 Å². The maximum absolute atomic E-state index is 12.6. The highest BCUT2D eigenvalue weighted by Crippen LogP contribution is 2.30. The lowest BCUT2D eigenvalue weighted by Gasteiger charge is -2.23. The molecule has 1 saturated carbocycles. The van der Waals surface area contributed by atoms with Crippen molar-refractivity contribution in [3.8, 4) is 11.4 Å². The Morgan fingerprint density at radius 2 is 2.12 bits per heavy atom. The zero-order valence-electron chi connectivity index (χ0n) is 14.9. The van der Waals surface area contributed by atoms with Crippen molar-refractivity contribution >= 4 is 17.5 Å². The Bertz CT molecular complexity index is 825. The lowest BCUT2D eigenvalue weighted by atomic mass is 10.1. The molecule has 26 heavy (non-hydrogen) atoms. The third-order valence-corrected chi connectivity index (χ3v) is 5.28. The number of carbonyl (C=O) groups is 2. The van der Waals surface area contributed by atoms with Crippen molar-refractivity contribution in [3.63, 3.8) is 0 Å². The fourth-order valence-electron chi connectivity index (χ4n) is 3.93. The van der Waals surface area contributed by atoms with Crippen molar-refractivity contribution in [1.82, 2.24) is 20.1 Å². The van der Waals surface area contributed by atoms with E-state index in [4.69, 9.17) is 0 Å². The SMILES string of the molecule is Cc1nc(-c2cccc(NC(=O)C3CC(=O)N(C4CCCC4)C3)c2)n[nH]1. The summed E-state index contributed by atoms with van der Waals surface area (Å²) in [6.07, 6.45) is 4.80. The molecular formula is C19H23N5O2. The van der Waals surface area contributed by atoms with Gasteiger partial charge in [-0.3, -0.25) is 14.7 Å². The Labute approximate surface area is 152 Å². The predicted octanol–water partition coefficient (Wildman–Crippen LogP) is 2.51. The molecule has 1 aliphatic heterocycles. The summed E-state index contributed by atoms with van der Waals surface area (Å²) >= 11 is 0. The molecule has 0 bridgehead atoms. The molecule has 7 nitrogen and oxygen atoms in total. The van der Waals surface area contributed by atoms with E-state index in [9.17, 15) is 9.59 Å². The van der Waals surface area contributed by atoms with Gasteiger partial charge in [0.1, 0.15) is 5.82 Å². The average Bonchev–Trinajstić information content (AvgIpc) is 3.35. The highest BCUT2D eigenvalue weighted by Gasteiger charge is 2.38. The van der Waals surface area contributed by atoms with Crippen molar-refractivity contribution < 1.29 is 9.59 Å². The number of carbonyl (C=O) groups excluding carboxylic acids is 2. The number of rotatable bonds is 4. The smallest absolute Gasteiger partial charge is 0.229 e. The molecule has 2 fully saturated rings. The standard InChI is InChI=1S/C19H23N5O2/c1-12-20-18(23-22-12)13-5-4-6-15(9-13)21-19(26)14-10-17(25)24(11-14)16-7-2-3-8-16/h4-6,9,14,16H,2-3,7-8,10-11H2,1H3,(H,21,26)(H,20,22,23). The van der Waals surface area contributed by atoms with Gasteiger partial charge in [-0.05, 0) is 31.9 Å². The normalized spacial score (nSPS) is 20.7. The molecule has 1 aromatic heterocycles. The number of amides is 2. The number of hydrogen-bond donors (Lipinski definition) is 2. The molecule has 1 unspecified atom stereocenters. The molecule has 2 N–H and O–H groups in total. The van der Waals surface area contributed by atoms with Gasteiger partial charge in [0.2, 0.25) is 11.8 Å². The topological polar surface area (TPSA) is 91.0 Å². The zero-order chi connectivity index (χ0) is 18.1. The summed E-state index contributed by atoms with van der Waals surface area (Å²) in [6, 6.07) is 7.79. The molecule has 0 radical (unpaired) electrons. The highest BCUT2D eigenvalue weighted by molar-refractivity contribution is 5.97. The third-order valence-electron chi connectivity index (χ3n) is 5.28. The van der Waals surface area contributed by atoms with Gasteiger partial charge >= 0.3 is 0 Å². The average molecular weight is 353 g/mol. The van der Waals surface area contributed by atoms with Gasteiger partial charge in [-0.25, -0.2) is 4.98 Å². The molecule has 2 heterocycles. The summed E-state index contributed by atoms with van der Waals surface area (Å²) in [7, 11) is 0. The van der Waals surface area contributed by atoms with Gasteiger partial charge in [0.05, 0.1) is 5.92 Å². The van der Waals surface area contributed by atoms with Crippen molar-refractivity contribution in [2.75, 3.05) is 11.9 Å². The van der Waals surface area contributed by atoms with Crippen LogP contribution >= 0.6 is 0 Å². The molecule has 7 heteroatoms. The summed E-state index contributed by atoms with van der Waals surface area (Å²) in [5, 5.41) is 9.91. The molecule has 2 aliphatic rings. The Hall–Kier alpha value is -2.70. The van der Waals surface area contributed by atoms with Crippen LogP contribution in [0.5, 0.6) is 0 Å². The van der Waals surface area contributed by atoms with Crippen molar-refractivity contribution in [3.05, 3.63) is 30.1 Å². The minimum absolute atomic E-state index is 0.0952. The first kappa shape index (κ1) is 16.8. The Balaban J connectivity index is 1.43. The first-order chi connectivity index (χ1) is 12.6. The maximum atomic E-state index is 12.6. The van der Waals surface area contributed by atoms with Crippen LogP contribution in [-0.4, -0.2) is 44.5 Å². The van der Waals surface area contributed by atoms with Crippen LogP contribution in [0.3, 0.4) is 0 Å². The summed E-state index contributed by atoms with van der Waals surface area (Å²) in [6.45, 7) is 2.38. The van der Waals surface area contributed by atoms with Gasteiger partial charge in [0.25, 0.3) is 0 Å². The second kappa shape index (κ2) is 6.90.